The molecule has 0 aliphatic heterocycles. The molecular weight excluding hydrogens is 294 g/mol. The van der Waals surface area contributed by atoms with Crippen molar-refractivity contribution >= 4 is 11.4 Å². The average Bonchev–Trinajstić information content (AvgIpc) is 3.18. The van der Waals surface area contributed by atoms with Crippen LogP contribution in [0.3, 0.4) is 0 Å². The van der Waals surface area contributed by atoms with E-state index >= 15 is 0 Å². The van der Waals surface area contributed by atoms with Crippen molar-refractivity contribution < 1.29 is 0 Å². The number of nitrogens with one attached hydrogen (secondary N) is 1. The van der Waals surface area contributed by atoms with Gasteiger partial charge in [0.25, 0.3) is 0 Å². The Bertz CT molecular complexity index is 928. The van der Waals surface area contributed by atoms with Crippen LogP contribution >= 0.6 is 0 Å². The first-order valence-electron chi connectivity index (χ1n) is 7.89. The molecule has 116 valence electrons. The second-order valence-corrected chi connectivity index (χ2v) is 5.59. The zero-order valence-electron chi connectivity index (χ0n) is 13.1. The van der Waals surface area contributed by atoms with Crippen LogP contribution in [-0.2, 0) is 0 Å². The number of hydrogen-bond acceptors (Lipinski definition) is 2. The molecule has 0 fully saturated rings. The largest absolute Gasteiger partial charge is 0.355 e. The number of anilines is 2. The quantitative estimate of drug-likeness (QED) is 0.555. The SMILES string of the molecule is c1cncc(-c2cccc(Nc3cccc(-n4cccc4)c3)c2)c1. The second kappa shape index (κ2) is 6.42. The fourth-order valence-electron chi connectivity index (χ4n) is 2.73. The summed E-state index contributed by atoms with van der Waals surface area (Å²) in [6, 6.07) is 24.8. The van der Waals surface area contributed by atoms with E-state index in [2.05, 4.69) is 69.5 Å². The highest BCUT2D eigenvalue weighted by Crippen LogP contribution is 2.25. The van der Waals surface area contributed by atoms with Crippen LogP contribution in [0, 0.1) is 0 Å². The summed E-state index contributed by atoms with van der Waals surface area (Å²) in [7, 11) is 0. The maximum absolute atomic E-state index is 4.19. The summed E-state index contributed by atoms with van der Waals surface area (Å²) in [6.45, 7) is 0. The number of pyridine rings is 1. The predicted octanol–water partition coefficient (Wildman–Crippen LogP) is 5.28. The molecule has 0 radical (unpaired) electrons. The van der Waals surface area contributed by atoms with E-state index in [-0.39, 0.29) is 0 Å². The summed E-state index contributed by atoms with van der Waals surface area (Å²) in [5.74, 6) is 0. The van der Waals surface area contributed by atoms with Gasteiger partial charge in [0.2, 0.25) is 0 Å². The van der Waals surface area contributed by atoms with Crippen molar-refractivity contribution in [2.75, 3.05) is 5.32 Å². The Morgan fingerprint density at radius 2 is 1.46 bits per heavy atom. The Balaban J connectivity index is 1.61. The lowest BCUT2D eigenvalue weighted by Crippen LogP contribution is -1.94. The normalized spacial score (nSPS) is 10.5. The van der Waals surface area contributed by atoms with Crippen molar-refractivity contribution in [2.45, 2.75) is 0 Å². The summed E-state index contributed by atoms with van der Waals surface area (Å²) in [6.07, 6.45) is 7.76. The number of hydrogen-bond donors (Lipinski definition) is 1. The molecule has 0 saturated carbocycles. The number of benzene rings is 2. The van der Waals surface area contributed by atoms with Gasteiger partial charge in [-0.05, 0) is 54.1 Å². The molecular formula is C21H17N3. The van der Waals surface area contributed by atoms with Crippen LogP contribution in [0.1, 0.15) is 0 Å². The Labute approximate surface area is 141 Å². The first-order chi connectivity index (χ1) is 11.9. The number of aromatic nitrogens is 2. The van der Waals surface area contributed by atoms with E-state index < -0.39 is 0 Å². The van der Waals surface area contributed by atoms with Crippen molar-refractivity contribution in [3.8, 4) is 16.8 Å². The van der Waals surface area contributed by atoms with Gasteiger partial charge < -0.3 is 9.88 Å². The summed E-state index contributed by atoms with van der Waals surface area (Å²) in [4.78, 5) is 4.19. The molecule has 0 aliphatic rings. The predicted molar refractivity (Wildman–Crippen MR) is 98.7 cm³/mol. The van der Waals surface area contributed by atoms with E-state index in [9.17, 15) is 0 Å². The lowest BCUT2D eigenvalue weighted by molar-refractivity contribution is 1.08. The van der Waals surface area contributed by atoms with Crippen LogP contribution in [0.25, 0.3) is 16.8 Å². The standard InChI is InChI=1S/C21H17N3/c1-2-13-24(12-1)21-10-4-9-20(15-21)23-19-8-3-6-17(14-19)18-7-5-11-22-16-18/h1-16,23H. The Hall–Kier alpha value is -3.33. The molecule has 2 aromatic carbocycles. The minimum Gasteiger partial charge on any atom is -0.355 e. The molecule has 0 saturated heterocycles. The molecule has 0 spiro atoms. The second-order valence-electron chi connectivity index (χ2n) is 5.59. The third-order valence-electron chi connectivity index (χ3n) is 3.89. The van der Waals surface area contributed by atoms with Crippen LogP contribution in [0.5, 0.6) is 0 Å². The van der Waals surface area contributed by atoms with Crippen molar-refractivity contribution in [1.82, 2.24) is 9.55 Å². The van der Waals surface area contributed by atoms with Crippen molar-refractivity contribution in [3.05, 3.63) is 97.6 Å². The van der Waals surface area contributed by atoms with E-state index in [1.54, 1.807) is 6.20 Å². The summed E-state index contributed by atoms with van der Waals surface area (Å²) in [5.41, 5.74) is 5.51. The molecule has 3 nitrogen and oxygen atoms in total. The van der Waals surface area contributed by atoms with Crippen molar-refractivity contribution in [1.29, 1.82) is 0 Å². The van der Waals surface area contributed by atoms with Gasteiger partial charge in [0, 0.05) is 47.4 Å². The van der Waals surface area contributed by atoms with Crippen LogP contribution in [0.15, 0.2) is 97.6 Å². The van der Waals surface area contributed by atoms with E-state index in [0.29, 0.717) is 0 Å². The van der Waals surface area contributed by atoms with E-state index in [1.807, 2.05) is 36.8 Å². The summed E-state index contributed by atoms with van der Waals surface area (Å²) < 4.78 is 2.09. The van der Waals surface area contributed by atoms with Gasteiger partial charge in [0.15, 0.2) is 0 Å². The highest BCUT2D eigenvalue weighted by atomic mass is 14.9. The van der Waals surface area contributed by atoms with E-state index in [1.165, 1.54) is 0 Å². The van der Waals surface area contributed by atoms with Gasteiger partial charge in [-0.1, -0.05) is 24.3 Å². The lowest BCUT2D eigenvalue weighted by atomic mass is 10.1. The van der Waals surface area contributed by atoms with Crippen molar-refractivity contribution in [3.63, 3.8) is 0 Å². The summed E-state index contributed by atoms with van der Waals surface area (Å²) in [5, 5.41) is 3.48. The third-order valence-corrected chi connectivity index (χ3v) is 3.89. The fraction of sp³-hybridized carbons (Fsp3) is 0. The van der Waals surface area contributed by atoms with Gasteiger partial charge in [0.05, 0.1) is 0 Å². The van der Waals surface area contributed by atoms with Gasteiger partial charge in [-0.3, -0.25) is 4.98 Å². The lowest BCUT2D eigenvalue weighted by Gasteiger charge is -2.10. The van der Waals surface area contributed by atoms with Crippen LogP contribution in [0.4, 0.5) is 11.4 Å². The molecule has 0 aliphatic carbocycles. The van der Waals surface area contributed by atoms with Gasteiger partial charge in [-0.25, -0.2) is 0 Å². The number of rotatable bonds is 4. The number of nitrogens with zero attached hydrogens (tertiary/aromatic N) is 2. The van der Waals surface area contributed by atoms with E-state index in [4.69, 9.17) is 0 Å². The van der Waals surface area contributed by atoms with Gasteiger partial charge in [-0.2, -0.15) is 0 Å². The Morgan fingerprint density at radius 1 is 0.708 bits per heavy atom. The fourth-order valence-corrected chi connectivity index (χ4v) is 2.73. The maximum Gasteiger partial charge on any atom is 0.0470 e. The molecule has 0 atom stereocenters. The molecule has 0 bridgehead atoms. The van der Waals surface area contributed by atoms with Crippen LogP contribution in [-0.4, -0.2) is 9.55 Å². The molecule has 0 unspecified atom stereocenters. The topological polar surface area (TPSA) is 29.9 Å². The van der Waals surface area contributed by atoms with Gasteiger partial charge >= 0.3 is 0 Å². The molecule has 3 heteroatoms. The Morgan fingerprint density at radius 3 is 2.25 bits per heavy atom. The third kappa shape index (κ3) is 3.06. The van der Waals surface area contributed by atoms with Gasteiger partial charge in [-0.15, -0.1) is 0 Å². The highest BCUT2D eigenvalue weighted by molar-refractivity contribution is 5.70. The van der Waals surface area contributed by atoms with Gasteiger partial charge in [0.1, 0.15) is 0 Å². The molecule has 4 rings (SSSR count). The smallest absolute Gasteiger partial charge is 0.0470 e. The minimum atomic E-state index is 1.06. The first kappa shape index (κ1) is 14.3. The maximum atomic E-state index is 4.19. The average molecular weight is 311 g/mol. The highest BCUT2D eigenvalue weighted by Gasteiger charge is 2.01. The molecule has 0 amide bonds. The Kier molecular flexibility index (Phi) is 3.82. The van der Waals surface area contributed by atoms with Crippen LogP contribution in [0.2, 0.25) is 0 Å². The molecule has 1 N–H and O–H groups in total. The zero-order chi connectivity index (χ0) is 16.2. The minimum absolute atomic E-state index is 1.06. The summed E-state index contributed by atoms with van der Waals surface area (Å²) >= 11 is 0. The first-order valence-corrected chi connectivity index (χ1v) is 7.89. The van der Waals surface area contributed by atoms with E-state index in [0.717, 1.165) is 28.2 Å². The molecule has 4 aromatic rings. The van der Waals surface area contributed by atoms with Crippen molar-refractivity contribution in [2.24, 2.45) is 0 Å². The molecule has 24 heavy (non-hydrogen) atoms. The van der Waals surface area contributed by atoms with Crippen LogP contribution < -0.4 is 5.32 Å². The molecule has 2 aromatic heterocycles. The monoisotopic (exact) mass is 311 g/mol. The zero-order valence-corrected chi connectivity index (χ0v) is 13.1. The molecule has 2 heterocycles.